The van der Waals surface area contributed by atoms with Crippen molar-refractivity contribution in [2.24, 2.45) is 0 Å². The molecule has 1 aliphatic heterocycles. The van der Waals surface area contributed by atoms with Crippen LogP contribution in [0.1, 0.15) is 52.8 Å². The standard InChI is InChI=1S/C18H22N2O2.C2H6/c1-11(2)22-17(21)13-9-19-10-18(3,4)15-12-7-5-6-8-14(12)20-16(13)15;1-2/h5-9,11,19-20H,10H2,1-4H3;1-2H3. The SMILES string of the molecule is CC.CC(C)OC(=O)C1=CNCC(C)(C)c2c1[nH]c1ccccc21. The molecule has 3 rings (SSSR count). The van der Waals surface area contributed by atoms with Gasteiger partial charge in [-0.05, 0) is 25.5 Å². The van der Waals surface area contributed by atoms with Crippen LogP contribution < -0.4 is 5.32 Å². The first-order chi connectivity index (χ1) is 11.4. The smallest absolute Gasteiger partial charge is 0.342 e. The molecule has 4 heteroatoms. The lowest BCUT2D eigenvalue weighted by Crippen LogP contribution is -2.29. The van der Waals surface area contributed by atoms with Gasteiger partial charge in [-0.15, -0.1) is 0 Å². The summed E-state index contributed by atoms with van der Waals surface area (Å²) in [6, 6.07) is 8.17. The minimum absolute atomic E-state index is 0.0920. The van der Waals surface area contributed by atoms with Gasteiger partial charge in [-0.3, -0.25) is 0 Å². The van der Waals surface area contributed by atoms with Gasteiger partial charge in [0.15, 0.2) is 0 Å². The van der Waals surface area contributed by atoms with Crippen LogP contribution in [0, 0.1) is 0 Å². The monoisotopic (exact) mass is 328 g/mol. The van der Waals surface area contributed by atoms with E-state index in [1.54, 1.807) is 6.20 Å². The first kappa shape index (κ1) is 18.1. The van der Waals surface area contributed by atoms with Crippen LogP contribution in [0.5, 0.6) is 0 Å². The van der Waals surface area contributed by atoms with E-state index in [1.165, 1.54) is 5.56 Å². The molecule has 0 amide bonds. The fourth-order valence-corrected chi connectivity index (χ4v) is 3.05. The molecule has 0 aliphatic carbocycles. The fraction of sp³-hybridized carbons (Fsp3) is 0.450. The van der Waals surface area contributed by atoms with Crippen molar-refractivity contribution in [2.45, 2.75) is 53.1 Å². The van der Waals surface area contributed by atoms with E-state index in [-0.39, 0.29) is 17.5 Å². The number of carbonyl (C=O) groups is 1. The Morgan fingerprint density at radius 2 is 1.88 bits per heavy atom. The molecule has 24 heavy (non-hydrogen) atoms. The highest BCUT2D eigenvalue weighted by atomic mass is 16.5. The second-order valence-electron chi connectivity index (χ2n) is 6.70. The Bertz CT molecular complexity index is 754. The van der Waals surface area contributed by atoms with Crippen molar-refractivity contribution in [1.82, 2.24) is 10.3 Å². The summed E-state index contributed by atoms with van der Waals surface area (Å²) in [6.07, 6.45) is 1.63. The molecule has 1 aromatic heterocycles. The number of aromatic amines is 1. The van der Waals surface area contributed by atoms with Gasteiger partial charge in [-0.2, -0.15) is 0 Å². The van der Waals surface area contributed by atoms with Crippen molar-refractivity contribution in [3.8, 4) is 0 Å². The van der Waals surface area contributed by atoms with Crippen molar-refractivity contribution >= 4 is 22.4 Å². The lowest BCUT2D eigenvalue weighted by Gasteiger charge is -2.24. The van der Waals surface area contributed by atoms with Crippen LogP contribution in [0.15, 0.2) is 30.5 Å². The van der Waals surface area contributed by atoms with E-state index < -0.39 is 0 Å². The van der Waals surface area contributed by atoms with Crippen LogP contribution in [-0.2, 0) is 14.9 Å². The zero-order valence-electron chi connectivity index (χ0n) is 15.5. The van der Waals surface area contributed by atoms with Crippen molar-refractivity contribution < 1.29 is 9.53 Å². The number of hydrogen-bond donors (Lipinski definition) is 2. The van der Waals surface area contributed by atoms with E-state index >= 15 is 0 Å². The number of hydrogen-bond acceptors (Lipinski definition) is 3. The first-order valence-electron chi connectivity index (χ1n) is 8.66. The molecule has 2 heterocycles. The summed E-state index contributed by atoms with van der Waals surface area (Å²) in [4.78, 5) is 15.9. The second-order valence-corrected chi connectivity index (χ2v) is 6.70. The summed E-state index contributed by atoms with van der Waals surface area (Å²) < 4.78 is 5.40. The van der Waals surface area contributed by atoms with Crippen molar-refractivity contribution in [3.63, 3.8) is 0 Å². The number of aromatic nitrogens is 1. The predicted octanol–water partition coefficient (Wildman–Crippen LogP) is 4.37. The summed E-state index contributed by atoms with van der Waals surface area (Å²) in [6.45, 7) is 12.9. The lowest BCUT2D eigenvalue weighted by atomic mass is 9.82. The highest BCUT2D eigenvalue weighted by Crippen LogP contribution is 2.38. The average Bonchev–Trinajstić information content (AvgIpc) is 2.86. The summed E-state index contributed by atoms with van der Waals surface area (Å²) >= 11 is 0. The minimum Gasteiger partial charge on any atom is -0.459 e. The van der Waals surface area contributed by atoms with Crippen LogP contribution in [-0.4, -0.2) is 23.6 Å². The second kappa shape index (κ2) is 7.12. The third-order valence-electron chi connectivity index (χ3n) is 4.01. The third kappa shape index (κ3) is 3.32. The molecule has 4 nitrogen and oxygen atoms in total. The average molecular weight is 328 g/mol. The predicted molar refractivity (Wildman–Crippen MR) is 99.9 cm³/mol. The van der Waals surface area contributed by atoms with Crippen LogP contribution in [0.3, 0.4) is 0 Å². The summed E-state index contributed by atoms with van der Waals surface area (Å²) in [5.74, 6) is -0.298. The van der Waals surface area contributed by atoms with E-state index in [1.807, 2.05) is 45.9 Å². The molecule has 0 spiro atoms. The van der Waals surface area contributed by atoms with Crippen molar-refractivity contribution in [3.05, 3.63) is 41.7 Å². The molecule has 1 aromatic carbocycles. The van der Waals surface area contributed by atoms with Crippen LogP contribution in [0.4, 0.5) is 0 Å². The van der Waals surface area contributed by atoms with Gasteiger partial charge in [0.1, 0.15) is 0 Å². The Hall–Kier alpha value is -2.23. The molecule has 0 unspecified atom stereocenters. The van der Waals surface area contributed by atoms with Gasteiger partial charge in [0.2, 0.25) is 0 Å². The molecule has 0 saturated heterocycles. The van der Waals surface area contributed by atoms with Crippen LogP contribution in [0.2, 0.25) is 0 Å². The number of ether oxygens (including phenoxy) is 1. The lowest BCUT2D eigenvalue weighted by molar-refractivity contribution is -0.140. The van der Waals surface area contributed by atoms with E-state index in [0.29, 0.717) is 5.57 Å². The van der Waals surface area contributed by atoms with E-state index in [4.69, 9.17) is 4.74 Å². The number of H-pyrrole nitrogens is 1. The van der Waals surface area contributed by atoms with Crippen LogP contribution in [0.25, 0.3) is 16.5 Å². The Kier molecular flexibility index (Phi) is 5.37. The molecular weight excluding hydrogens is 300 g/mol. The van der Waals surface area contributed by atoms with Gasteiger partial charge in [-0.25, -0.2) is 4.79 Å². The van der Waals surface area contributed by atoms with Gasteiger partial charge in [0.25, 0.3) is 0 Å². The van der Waals surface area contributed by atoms with Gasteiger partial charge in [0.05, 0.1) is 17.4 Å². The maximum Gasteiger partial charge on any atom is 0.342 e. The highest BCUT2D eigenvalue weighted by molar-refractivity contribution is 6.18. The number of esters is 1. The molecule has 2 aromatic rings. The Morgan fingerprint density at radius 1 is 1.21 bits per heavy atom. The highest BCUT2D eigenvalue weighted by Gasteiger charge is 2.33. The molecule has 0 saturated carbocycles. The maximum absolute atomic E-state index is 12.5. The van der Waals surface area contributed by atoms with Gasteiger partial charge >= 0.3 is 5.97 Å². The number of benzene rings is 1. The molecule has 0 fully saturated rings. The fourth-order valence-electron chi connectivity index (χ4n) is 3.05. The van der Waals surface area contributed by atoms with Gasteiger partial charge in [-0.1, -0.05) is 45.9 Å². The molecule has 2 N–H and O–H groups in total. The molecule has 130 valence electrons. The molecule has 0 radical (unpaired) electrons. The molecular formula is C20H28N2O2. The maximum atomic E-state index is 12.5. The quantitative estimate of drug-likeness (QED) is 0.805. The third-order valence-corrected chi connectivity index (χ3v) is 4.01. The van der Waals surface area contributed by atoms with Crippen molar-refractivity contribution in [1.29, 1.82) is 0 Å². The number of nitrogens with one attached hydrogen (secondary N) is 2. The number of fused-ring (bicyclic) bond motifs is 3. The molecule has 0 atom stereocenters. The minimum atomic E-state index is -0.298. The Balaban J connectivity index is 0.00000100. The Morgan fingerprint density at radius 3 is 2.54 bits per heavy atom. The molecule has 0 bridgehead atoms. The largest absolute Gasteiger partial charge is 0.459 e. The van der Waals surface area contributed by atoms with E-state index in [2.05, 4.69) is 30.2 Å². The number of rotatable bonds is 2. The van der Waals surface area contributed by atoms with Crippen LogP contribution >= 0.6 is 0 Å². The van der Waals surface area contributed by atoms with Gasteiger partial charge in [0, 0.05) is 29.1 Å². The number of para-hydroxylation sites is 1. The summed E-state index contributed by atoms with van der Waals surface area (Å²) in [7, 11) is 0. The van der Waals surface area contributed by atoms with E-state index in [9.17, 15) is 4.79 Å². The topological polar surface area (TPSA) is 54.1 Å². The zero-order chi connectivity index (χ0) is 17.9. The molecule has 1 aliphatic rings. The van der Waals surface area contributed by atoms with E-state index in [0.717, 1.165) is 23.1 Å². The van der Waals surface area contributed by atoms with Gasteiger partial charge < -0.3 is 15.0 Å². The Labute approximate surface area is 144 Å². The normalized spacial score (nSPS) is 15.5. The first-order valence-corrected chi connectivity index (χ1v) is 8.66. The summed E-state index contributed by atoms with van der Waals surface area (Å²) in [5, 5.41) is 4.42. The van der Waals surface area contributed by atoms with Crippen molar-refractivity contribution in [2.75, 3.05) is 6.54 Å². The number of carbonyl (C=O) groups excluding carboxylic acids is 1. The zero-order valence-corrected chi connectivity index (χ0v) is 15.5. The summed E-state index contributed by atoms with van der Waals surface area (Å²) in [5.41, 5.74) is 3.55.